The summed E-state index contributed by atoms with van der Waals surface area (Å²) in [6.07, 6.45) is 6.16. The van der Waals surface area contributed by atoms with Crippen molar-refractivity contribution in [1.29, 1.82) is 5.41 Å². The van der Waals surface area contributed by atoms with Crippen molar-refractivity contribution < 1.29 is 4.79 Å². The summed E-state index contributed by atoms with van der Waals surface area (Å²) in [6.45, 7) is 3.95. The molecule has 21 heavy (non-hydrogen) atoms. The van der Waals surface area contributed by atoms with Crippen LogP contribution in [-0.4, -0.2) is 11.5 Å². The standard InChI is InChI=1S/C19H23NO/c1-13(14-7-8-14)18(20)19(21)17-11-9-16(10-12-17)15-5-3-2-4-6-15/h2-6,14,16-17,20H,1,7-12H2. The van der Waals surface area contributed by atoms with Gasteiger partial charge in [0, 0.05) is 5.92 Å². The first-order chi connectivity index (χ1) is 10.2. The SMILES string of the molecule is C=C(C(=N)C(=O)C1CCC(c2ccccc2)CC1)C1CC1. The van der Waals surface area contributed by atoms with Crippen molar-refractivity contribution in [3.63, 3.8) is 0 Å². The highest BCUT2D eigenvalue weighted by molar-refractivity contribution is 6.45. The Bertz CT molecular complexity index is 548. The van der Waals surface area contributed by atoms with Gasteiger partial charge in [0.1, 0.15) is 5.71 Å². The highest BCUT2D eigenvalue weighted by Crippen LogP contribution is 2.39. The fraction of sp³-hybridized carbons (Fsp3) is 0.474. The first-order valence-electron chi connectivity index (χ1n) is 8.03. The van der Waals surface area contributed by atoms with Crippen molar-refractivity contribution >= 4 is 11.5 Å². The summed E-state index contributed by atoms with van der Waals surface area (Å²) in [5, 5.41) is 8.07. The van der Waals surface area contributed by atoms with Gasteiger partial charge < -0.3 is 0 Å². The molecule has 1 aromatic carbocycles. The van der Waals surface area contributed by atoms with Crippen LogP contribution < -0.4 is 0 Å². The van der Waals surface area contributed by atoms with Gasteiger partial charge in [0.25, 0.3) is 0 Å². The molecule has 1 aromatic rings. The van der Waals surface area contributed by atoms with E-state index in [1.807, 2.05) is 6.07 Å². The van der Waals surface area contributed by atoms with Crippen LogP contribution in [0.3, 0.4) is 0 Å². The molecule has 2 fully saturated rings. The smallest absolute Gasteiger partial charge is 0.183 e. The van der Waals surface area contributed by atoms with Crippen molar-refractivity contribution in [2.24, 2.45) is 11.8 Å². The van der Waals surface area contributed by atoms with Gasteiger partial charge in [-0.25, -0.2) is 0 Å². The van der Waals surface area contributed by atoms with Crippen LogP contribution in [0.5, 0.6) is 0 Å². The molecule has 0 bridgehead atoms. The van der Waals surface area contributed by atoms with Gasteiger partial charge in [0.2, 0.25) is 0 Å². The Hall–Kier alpha value is -1.70. The van der Waals surface area contributed by atoms with E-state index < -0.39 is 0 Å². The number of hydrogen-bond acceptors (Lipinski definition) is 2. The van der Waals surface area contributed by atoms with Gasteiger partial charge in [-0.1, -0.05) is 36.9 Å². The van der Waals surface area contributed by atoms with Crippen LogP contribution in [0.4, 0.5) is 0 Å². The van der Waals surface area contributed by atoms with Gasteiger partial charge in [-0.15, -0.1) is 0 Å². The third-order valence-electron chi connectivity index (χ3n) is 5.01. The molecule has 0 aromatic heterocycles. The molecule has 2 aliphatic rings. The Morgan fingerprint density at radius 3 is 2.10 bits per heavy atom. The molecular formula is C19H23NO. The monoisotopic (exact) mass is 281 g/mol. The van der Waals surface area contributed by atoms with Gasteiger partial charge in [0.15, 0.2) is 5.78 Å². The molecule has 0 heterocycles. The molecule has 2 nitrogen and oxygen atoms in total. The van der Waals surface area contributed by atoms with Gasteiger partial charge in [0.05, 0.1) is 0 Å². The van der Waals surface area contributed by atoms with E-state index in [0.717, 1.165) is 44.1 Å². The number of carbonyl (C=O) groups is 1. The lowest BCUT2D eigenvalue weighted by Crippen LogP contribution is -2.28. The summed E-state index contributed by atoms with van der Waals surface area (Å²) < 4.78 is 0. The molecule has 0 atom stereocenters. The Morgan fingerprint density at radius 1 is 0.952 bits per heavy atom. The van der Waals surface area contributed by atoms with E-state index >= 15 is 0 Å². The molecule has 0 spiro atoms. The lowest BCUT2D eigenvalue weighted by atomic mass is 9.76. The molecule has 0 amide bonds. The number of Topliss-reactive ketones (excluding diaryl/α,β-unsaturated/α-hetero) is 1. The third kappa shape index (κ3) is 3.15. The maximum Gasteiger partial charge on any atom is 0.183 e. The summed E-state index contributed by atoms with van der Waals surface area (Å²) in [4.78, 5) is 12.4. The molecular weight excluding hydrogens is 258 g/mol. The van der Waals surface area contributed by atoms with Gasteiger partial charge in [-0.2, -0.15) is 0 Å². The summed E-state index contributed by atoms with van der Waals surface area (Å²) in [5.74, 6) is 1.09. The molecule has 0 saturated heterocycles. The maximum absolute atomic E-state index is 12.4. The fourth-order valence-electron chi connectivity index (χ4n) is 3.41. The molecule has 3 rings (SSSR count). The second-order valence-corrected chi connectivity index (χ2v) is 6.50. The van der Waals surface area contributed by atoms with Crippen molar-refractivity contribution in [3.8, 4) is 0 Å². The topological polar surface area (TPSA) is 40.9 Å². The zero-order valence-electron chi connectivity index (χ0n) is 12.5. The number of nitrogens with one attached hydrogen (secondary N) is 1. The molecule has 2 heteroatoms. The highest BCUT2D eigenvalue weighted by Gasteiger charge is 2.34. The number of hydrogen-bond donors (Lipinski definition) is 1. The van der Waals surface area contributed by atoms with Crippen molar-refractivity contribution in [2.45, 2.75) is 44.4 Å². The van der Waals surface area contributed by atoms with Gasteiger partial charge in [-0.3, -0.25) is 10.2 Å². The van der Waals surface area contributed by atoms with Gasteiger partial charge >= 0.3 is 0 Å². The number of allylic oxidation sites excluding steroid dienone is 1. The molecule has 2 saturated carbocycles. The molecule has 1 N–H and O–H groups in total. The second kappa shape index (κ2) is 5.97. The molecule has 0 radical (unpaired) electrons. The molecule has 2 aliphatic carbocycles. The lowest BCUT2D eigenvalue weighted by Gasteiger charge is -2.28. The predicted molar refractivity (Wildman–Crippen MR) is 85.7 cm³/mol. The Balaban J connectivity index is 1.56. The largest absolute Gasteiger partial charge is 0.297 e. The lowest BCUT2D eigenvalue weighted by molar-refractivity contribution is -0.117. The van der Waals surface area contributed by atoms with Gasteiger partial charge in [-0.05, 0) is 61.5 Å². The summed E-state index contributed by atoms with van der Waals surface area (Å²) in [5.41, 5.74) is 2.38. The number of carbonyl (C=O) groups excluding carboxylic acids is 1. The van der Waals surface area contributed by atoms with Crippen LogP contribution in [0.1, 0.15) is 50.0 Å². The van der Waals surface area contributed by atoms with Crippen LogP contribution in [-0.2, 0) is 4.79 Å². The van der Waals surface area contributed by atoms with E-state index in [9.17, 15) is 4.79 Å². The average molecular weight is 281 g/mol. The summed E-state index contributed by atoms with van der Waals surface area (Å²) >= 11 is 0. The minimum absolute atomic E-state index is 0.0402. The fourth-order valence-corrected chi connectivity index (χ4v) is 3.41. The Labute approximate surface area is 126 Å². The van der Waals surface area contributed by atoms with E-state index in [4.69, 9.17) is 5.41 Å². The second-order valence-electron chi connectivity index (χ2n) is 6.50. The first kappa shape index (κ1) is 14.2. The van der Waals surface area contributed by atoms with Crippen LogP contribution in [0.25, 0.3) is 0 Å². The van der Waals surface area contributed by atoms with Crippen LogP contribution in [0.15, 0.2) is 42.5 Å². The number of rotatable bonds is 5. The minimum atomic E-state index is 0.0402. The summed E-state index contributed by atoms with van der Waals surface area (Å²) in [6, 6.07) is 10.6. The number of benzene rings is 1. The van der Waals surface area contributed by atoms with E-state index in [1.54, 1.807) is 0 Å². The maximum atomic E-state index is 12.4. The first-order valence-corrected chi connectivity index (χ1v) is 8.03. The van der Waals surface area contributed by atoms with Crippen LogP contribution >= 0.6 is 0 Å². The van der Waals surface area contributed by atoms with E-state index in [1.165, 1.54) is 5.56 Å². The number of ketones is 1. The van der Waals surface area contributed by atoms with E-state index in [-0.39, 0.29) is 17.4 Å². The van der Waals surface area contributed by atoms with Crippen molar-refractivity contribution in [3.05, 3.63) is 48.0 Å². The normalized spacial score (nSPS) is 25.3. The Morgan fingerprint density at radius 2 is 1.52 bits per heavy atom. The van der Waals surface area contributed by atoms with Crippen LogP contribution in [0, 0.1) is 17.2 Å². The Kier molecular flexibility index (Phi) is 4.05. The predicted octanol–water partition coefficient (Wildman–Crippen LogP) is 4.52. The zero-order chi connectivity index (χ0) is 14.8. The highest BCUT2D eigenvalue weighted by atomic mass is 16.1. The summed E-state index contributed by atoms with van der Waals surface area (Å²) in [7, 11) is 0. The van der Waals surface area contributed by atoms with Crippen molar-refractivity contribution in [1.82, 2.24) is 0 Å². The zero-order valence-corrected chi connectivity index (χ0v) is 12.5. The van der Waals surface area contributed by atoms with Crippen molar-refractivity contribution in [2.75, 3.05) is 0 Å². The minimum Gasteiger partial charge on any atom is -0.297 e. The molecule has 0 unspecified atom stereocenters. The third-order valence-corrected chi connectivity index (χ3v) is 5.01. The molecule has 0 aliphatic heterocycles. The van der Waals surface area contributed by atoms with E-state index in [0.29, 0.717) is 11.8 Å². The quantitative estimate of drug-likeness (QED) is 0.792. The average Bonchev–Trinajstić information content (AvgIpc) is 3.39. The van der Waals surface area contributed by atoms with Crippen LogP contribution in [0.2, 0.25) is 0 Å². The van der Waals surface area contributed by atoms with E-state index in [2.05, 4.69) is 30.8 Å². The molecule has 110 valence electrons.